The van der Waals surface area contributed by atoms with E-state index in [4.69, 9.17) is 21.3 Å². The summed E-state index contributed by atoms with van der Waals surface area (Å²) < 4.78 is 4.90. The predicted octanol–water partition coefficient (Wildman–Crippen LogP) is 11.9. The number of aryl methyl sites for hydroxylation is 1. The summed E-state index contributed by atoms with van der Waals surface area (Å²) in [6.45, 7) is 39.3. The van der Waals surface area contributed by atoms with E-state index in [2.05, 4.69) is 102 Å². The van der Waals surface area contributed by atoms with Crippen LogP contribution in [0, 0.1) is 23.7 Å². The predicted molar refractivity (Wildman–Crippen MR) is 250 cm³/mol. The first-order chi connectivity index (χ1) is 26.4. The number of methoxy groups -OCH3 is 1. The van der Waals surface area contributed by atoms with Crippen molar-refractivity contribution >= 4 is 0 Å². The SMILES string of the molecule is C=C.C=C(C)N.C=CC(CC(CCC(C)CCc1ccccc1)CC(C)CN)NC(=C)C(C)C.CC.CC.CNCCCCCOC.OCc1ccccc1. The van der Waals surface area contributed by atoms with Gasteiger partial charge in [0.25, 0.3) is 0 Å². The fourth-order valence-electron chi connectivity index (χ4n) is 5.01. The zero-order valence-corrected chi connectivity index (χ0v) is 38.0. The number of hydrogen-bond donors (Lipinski definition) is 5. The number of unbranched alkanes of at least 4 members (excludes halogenated alkanes) is 2. The Morgan fingerprint density at radius 1 is 0.800 bits per heavy atom. The van der Waals surface area contributed by atoms with Crippen LogP contribution in [0.3, 0.4) is 0 Å². The lowest BCUT2D eigenvalue weighted by Crippen LogP contribution is -2.31. The molecule has 4 atom stereocenters. The minimum Gasteiger partial charge on any atom is -0.403 e. The summed E-state index contributed by atoms with van der Waals surface area (Å²) in [5.74, 6) is 2.44. The quantitative estimate of drug-likeness (QED) is 0.0603. The van der Waals surface area contributed by atoms with Crippen molar-refractivity contribution in [1.82, 2.24) is 10.6 Å². The molecule has 0 aromatic heterocycles. The Morgan fingerprint density at radius 2 is 1.31 bits per heavy atom. The average Bonchev–Trinajstić information content (AvgIpc) is 3.21. The molecule has 0 bridgehead atoms. The molecule has 4 unspecified atom stereocenters. The first-order valence-electron chi connectivity index (χ1n) is 20.9. The summed E-state index contributed by atoms with van der Waals surface area (Å²) in [4.78, 5) is 0. The zero-order chi connectivity index (χ0) is 43.3. The zero-order valence-electron chi connectivity index (χ0n) is 38.0. The number of benzene rings is 2. The van der Waals surface area contributed by atoms with Crippen molar-refractivity contribution in [1.29, 1.82) is 0 Å². The Morgan fingerprint density at radius 3 is 1.71 bits per heavy atom. The number of rotatable bonds is 22. The molecule has 0 aliphatic rings. The Hall–Kier alpha value is -3.16. The van der Waals surface area contributed by atoms with Crippen LogP contribution in [0.2, 0.25) is 0 Å². The van der Waals surface area contributed by atoms with Crippen LogP contribution >= 0.6 is 0 Å². The molecule has 0 aliphatic heterocycles. The normalized spacial score (nSPS) is 11.7. The van der Waals surface area contributed by atoms with E-state index in [1.165, 1.54) is 56.9 Å². The molecule has 0 heterocycles. The molecule has 0 saturated heterocycles. The summed E-state index contributed by atoms with van der Waals surface area (Å²) in [5.41, 5.74) is 15.0. The molecular weight excluding hydrogens is 677 g/mol. The van der Waals surface area contributed by atoms with E-state index in [0.717, 1.165) is 43.3 Å². The van der Waals surface area contributed by atoms with Crippen molar-refractivity contribution in [2.45, 2.75) is 133 Å². The molecule has 2 aromatic carbocycles. The van der Waals surface area contributed by atoms with Crippen molar-refractivity contribution in [3.8, 4) is 0 Å². The minimum atomic E-state index is 0.140. The lowest BCUT2D eigenvalue weighted by Gasteiger charge is -2.27. The van der Waals surface area contributed by atoms with Gasteiger partial charge in [0.2, 0.25) is 0 Å². The number of allylic oxidation sites excluding steroid dienone is 2. The molecule has 0 spiro atoms. The maximum absolute atomic E-state index is 8.54. The molecule has 55 heavy (non-hydrogen) atoms. The fraction of sp³-hybridized carbons (Fsp3) is 0.592. The van der Waals surface area contributed by atoms with Gasteiger partial charge in [0.05, 0.1) is 6.61 Å². The average molecular weight is 769 g/mol. The molecule has 6 heteroatoms. The van der Waals surface area contributed by atoms with Crippen LogP contribution in [0.1, 0.15) is 125 Å². The van der Waals surface area contributed by atoms with Crippen LogP contribution in [0.15, 0.2) is 111 Å². The maximum atomic E-state index is 8.54. The third kappa shape index (κ3) is 46.9. The molecule has 7 N–H and O–H groups in total. The Kier molecular flexibility index (Phi) is 54.3. The van der Waals surface area contributed by atoms with Crippen LogP contribution in [0.5, 0.6) is 0 Å². The van der Waals surface area contributed by atoms with Gasteiger partial charge in [-0.15, -0.1) is 19.7 Å². The Bertz CT molecular complexity index is 1040. The van der Waals surface area contributed by atoms with Gasteiger partial charge in [-0.1, -0.05) is 148 Å². The Labute approximate surface area is 343 Å². The van der Waals surface area contributed by atoms with Crippen molar-refractivity contribution in [2.75, 3.05) is 33.9 Å². The highest BCUT2D eigenvalue weighted by Gasteiger charge is 2.19. The second-order valence-corrected chi connectivity index (χ2v) is 13.7. The highest BCUT2D eigenvalue weighted by atomic mass is 16.5. The molecule has 0 fully saturated rings. The molecule has 2 aromatic rings. The summed E-state index contributed by atoms with van der Waals surface area (Å²) in [6, 6.07) is 20.7. The van der Waals surface area contributed by atoms with Gasteiger partial charge in [0.1, 0.15) is 0 Å². The third-order valence-corrected chi connectivity index (χ3v) is 8.21. The molecule has 2 rings (SSSR count). The first-order valence-corrected chi connectivity index (χ1v) is 20.9. The van der Waals surface area contributed by atoms with Gasteiger partial charge in [0.15, 0.2) is 0 Å². The van der Waals surface area contributed by atoms with Gasteiger partial charge < -0.3 is 31.9 Å². The van der Waals surface area contributed by atoms with Gasteiger partial charge in [-0.3, -0.25) is 0 Å². The number of aliphatic hydroxyl groups excluding tert-OH is 1. The first kappa shape index (κ1) is 61.1. The number of nitrogens with one attached hydrogen (secondary N) is 2. The molecule has 320 valence electrons. The molecule has 0 aliphatic carbocycles. The maximum Gasteiger partial charge on any atom is 0.0681 e. The van der Waals surface area contributed by atoms with Crippen molar-refractivity contribution in [2.24, 2.45) is 35.1 Å². The molecule has 0 radical (unpaired) electrons. The second-order valence-electron chi connectivity index (χ2n) is 13.7. The van der Waals surface area contributed by atoms with E-state index in [1.54, 1.807) is 14.0 Å². The lowest BCUT2D eigenvalue weighted by molar-refractivity contribution is 0.192. The highest BCUT2D eigenvalue weighted by Crippen LogP contribution is 2.26. The molecule has 0 saturated carbocycles. The number of ether oxygens (including phenoxy) is 1. The van der Waals surface area contributed by atoms with Crippen LogP contribution in [-0.4, -0.2) is 45.0 Å². The van der Waals surface area contributed by atoms with Crippen LogP contribution in [-0.2, 0) is 17.8 Å². The standard InChI is InChI=1S/C26H44N2.C7H17NO.C7H8O.C3H7N.2C2H6.C2H4/c1-7-26(28-23(6)20(2)3)18-25(17-22(5)19-27)16-14-21(4)13-15-24-11-9-8-10-12-24;1-8-6-4-3-5-7-9-2;8-6-7-4-2-1-3-5-7;1-3(2)4;3*1-2/h7-12,20-22,25-26,28H,1,6,13-19,27H2,2-5H3;8H,3-7H2,1-2H3;1-5,8H,6H2;1,4H2,2H3;2*1-2H3;1-2H2. The summed E-state index contributed by atoms with van der Waals surface area (Å²) in [5, 5.41) is 15.2. The van der Waals surface area contributed by atoms with Crippen molar-refractivity contribution in [3.63, 3.8) is 0 Å². The van der Waals surface area contributed by atoms with Gasteiger partial charge in [0, 0.05) is 25.5 Å². The van der Waals surface area contributed by atoms with Crippen molar-refractivity contribution in [3.05, 3.63) is 122 Å². The van der Waals surface area contributed by atoms with Crippen LogP contribution in [0.25, 0.3) is 0 Å². The van der Waals surface area contributed by atoms with E-state index >= 15 is 0 Å². The molecule has 6 nitrogen and oxygen atoms in total. The van der Waals surface area contributed by atoms with Gasteiger partial charge in [-0.25, -0.2) is 0 Å². The highest BCUT2D eigenvalue weighted by molar-refractivity contribution is 5.15. The van der Waals surface area contributed by atoms with Gasteiger partial charge >= 0.3 is 0 Å². The van der Waals surface area contributed by atoms with Crippen LogP contribution < -0.4 is 22.1 Å². The van der Waals surface area contributed by atoms with Gasteiger partial charge in [-0.2, -0.15) is 0 Å². The van der Waals surface area contributed by atoms with Crippen LogP contribution in [0.4, 0.5) is 0 Å². The summed E-state index contributed by atoms with van der Waals surface area (Å²) in [6.07, 6.45) is 13.1. The number of aliphatic hydroxyl groups is 1. The van der Waals surface area contributed by atoms with E-state index in [1.807, 2.05) is 71.2 Å². The smallest absolute Gasteiger partial charge is 0.0681 e. The van der Waals surface area contributed by atoms with E-state index in [9.17, 15) is 0 Å². The third-order valence-electron chi connectivity index (χ3n) is 8.21. The summed E-state index contributed by atoms with van der Waals surface area (Å²) in [7, 11) is 3.73. The molecular formula is C49H92N4O2. The molecule has 0 amide bonds. The second kappa shape index (κ2) is 48.9. The fourth-order valence-corrected chi connectivity index (χ4v) is 5.01. The topological polar surface area (TPSA) is 106 Å². The van der Waals surface area contributed by atoms with Gasteiger partial charge in [-0.05, 0) is 113 Å². The number of nitrogens with two attached hydrogens (primary N) is 2. The Balaban J connectivity index is -0.000000249. The monoisotopic (exact) mass is 769 g/mol. The van der Waals surface area contributed by atoms with E-state index in [-0.39, 0.29) is 6.61 Å². The van der Waals surface area contributed by atoms with Crippen molar-refractivity contribution < 1.29 is 9.84 Å². The number of hydrogen-bond acceptors (Lipinski definition) is 6. The lowest BCUT2D eigenvalue weighted by atomic mass is 9.84. The summed E-state index contributed by atoms with van der Waals surface area (Å²) >= 11 is 0. The van der Waals surface area contributed by atoms with E-state index in [0.29, 0.717) is 29.5 Å². The van der Waals surface area contributed by atoms with E-state index < -0.39 is 0 Å². The largest absolute Gasteiger partial charge is 0.403 e. The minimum absolute atomic E-state index is 0.140.